The maximum atomic E-state index is 6.11. The summed E-state index contributed by atoms with van der Waals surface area (Å²) in [7, 11) is 0. The van der Waals surface area contributed by atoms with Gasteiger partial charge in [-0.2, -0.15) is 0 Å². The molecule has 15 heavy (non-hydrogen) atoms. The van der Waals surface area contributed by atoms with Crippen LogP contribution in [-0.4, -0.2) is 22.1 Å². The molecular weight excluding hydrogens is 188 g/mol. The van der Waals surface area contributed by atoms with Crippen LogP contribution < -0.4 is 11.1 Å². The third-order valence-corrected chi connectivity index (χ3v) is 3.16. The van der Waals surface area contributed by atoms with Crippen molar-refractivity contribution in [2.45, 2.75) is 38.6 Å². The first kappa shape index (κ1) is 10.4. The molecule has 4 nitrogen and oxygen atoms in total. The van der Waals surface area contributed by atoms with E-state index in [9.17, 15) is 0 Å². The Labute approximate surface area is 90.3 Å². The van der Waals surface area contributed by atoms with Crippen molar-refractivity contribution in [1.29, 1.82) is 0 Å². The highest BCUT2D eigenvalue weighted by Gasteiger charge is 2.32. The molecule has 1 aromatic heterocycles. The highest BCUT2D eigenvalue weighted by Crippen LogP contribution is 2.28. The van der Waals surface area contributed by atoms with Gasteiger partial charge in [-0.15, -0.1) is 0 Å². The highest BCUT2D eigenvalue weighted by molar-refractivity contribution is 5.34. The first-order valence-electron chi connectivity index (χ1n) is 5.42. The molecule has 2 rings (SSSR count). The Balaban J connectivity index is 1.96. The maximum absolute atomic E-state index is 6.11. The van der Waals surface area contributed by atoms with E-state index in [1.54, 1.807) is 6.20 Å². The lowest BCUT2D eigenvalue weighted by atomic mass is 9.78. The van der Waals surface area contributed by atoms with Crippen LogP contribution in [-0.2, 0) is 0 Å². The fraction of sp³-hybridized carbons (Fsp3) is 0.636. The Bertz CT molecular complexity index is 358. The number of aryl methyl sites for hydroxylation is 2. The molecule has 1 saturated carbocycles. The first-order chi connectivity index (χ1) is 7.09. The van der Waals surface area contributed by atoms with Crippen molar-refractivity contribution in [2.75, 3.05) is 11.9 Å². The van der Waals surface area contributed by atoms with E-state index in [0.29, 0.717) is 0 Å². The monoisotopic (exact) mass is 206 g/mol. The Morgan fingerprint density at radius 3 is 2.67 bits per heavy atom. The van der Waals surface area contributed by atoms with Gasteiger partial charge < -0.3 is 11.1 Å². The minimum Gasteiger partial charge on any atom is -0.367 e. The second kappa shape index (κ2) is 3.77. The SMILES string of the molecule is Cc1ncc(NCC2(N)CCC2)nc1C. The molecule has 0 saturated heterocycles. The van der Waals surface area contributed by atoms with Crippen LogP contribution in [0.25, 0.3) is 0 Å². The van der Waals surface area contributed by atoms with E-state index in [1.165, 1.54) is 6.42 Å². The number of nitrogens with zero attached hydrogens (tertiary/aromatic N) is 2. The smallest absolute Gasteiger partial charge is 0.144 e. The van der Waals surface area contributed by atoms with Crippen LogP contribution in [0.2, 0.25) is 0 Å². The Morgan fingerprint density at radius 2 is 2.13 bits per heavy atom. The molecule has 0 atom stereocenters. The molecule has 1 aliphatic carbocycles. The van der Waals surface area contributed by atoms with Gasteiger partial charge in [-0.3, -0.25) is 4.98 Å². The molecule has 0 bridgehead atoms. The summed E-state index contributed by atoms with van der Waals surface area (Å²) in [5.41, 5.74) is 8.04. The zero-order valence-corrected chi connectivity index (χ0v) is 9.38. The van der Waals surface area contributed by atoms with Gasteiger partial charge in [0.05, 0.1) is 17.6 Å². The lowest BCUT2D eigenvalue weighted by Crippen LogP contribution is -2.52. The Kier molecular flexibility index (Phi) is 2.61. The Hall–Kier alpha value is -1.16. The van der Waals surface area contributed by atoms with Crippen LogP contribution in [0.5, 0.6) is 0 Å². The van der Waals surface area contributed by atoms with Crippen molar-refractivity contribution in [1.82, 2.24) is 9.97 Å². The zero-order chi connectivity index (χ0) is 10.9. The summed E-state index contributed by atoms with van der Waals surface area (Å²) in [5.74, 6) is 0.829. The van der Waals surface area contributed by atoms with Gasteiger partial charge in [0, 0.05) is 12.1 Å². The maximum Gasteiger partial charge on any atom is 0.144 e. The fourth-order valence-electron chi connectivity index (χ4n) is 1.70. The van der Waals surface area contributed by atoms with Crippen molar-refractivity contribution in [3.63, 3.8) is 0 Å². The van der Waals surface area contributed by atoms with Crippen LogP contribution in [0.1, 0.15) is 30.7 Å². The van der Waals surface area contributed by atoms with Gasteiger partial charge in [-0.05, 0) is 33.1 Å². The van der Waals surface area contributed by atoms with Gasteiger partial charge in [0.15, 0.2) is 0 Å². The largest absolute Gasteiger partial charge is 0.367 e. The predicted octanol–water partition coefficient (Wildman–Crippen LogP) is 1.39. The molecular formula is C11H18N4. The number of anilines is 1. The Morgan fingerprint density at radius 1 is 1.40 bits per heavy atom. The van der Waals surface area contributed by atoms with Crippen molar-refractivity contribution < 1.29 is 0 Å². The average Bonchev–Trinajstić information content (AvgIpc) is 2.17. The quantitative estimate of drug-likeness (QED) is 0.784. The minimum atomic E-state index is -0.0134. The van der Waals surface area contributed by atoms with Gasteiger partial charge >= 0.3 is 0 Å². The first-order valence-corrected chi connectivity index (χ1v) is 5.42. The van der Waals surface area contributed by atoms with E-state index in [4.69, 9.17) is 5.73 Å². The number of rotatable bonds is 3. The number of hydrogen-bond donors (Lipinski definition) is 2. The van der Waals surface area contributed by atoms with E-state index < -0.39 is 0 Å². The van der Waals surface area contributed by atoms with Crippen LogP contribution >= 0.6 is 0 Å². The third kappa shape index (κ3) is 2.26. The lowest BCUT2D eigenvalue weighted by Gasteiger charge is -2.38. The molecule has 1 fully saturated rings. The molecule has 1 aliphatic rings. The summed E-state index contributed by atoms with van der Waals surface area (Å²) < 4.78 is 0. The number of nitrogens with two attached hydrogens (primary N) is 1. The molecule has 0 spiro atoms. The predicted molar refractivity (Wildman–Crippen MR) is 60.8 cm³/mol. The fourth-order valence-corrected chi connectivity index (χ4v) is 1.70. The molecule has 0 radical (unpaired) electrons. The molecule has 0 aliphatic heterocycles. The molecule has 0 aromatic carbocycles. The lowest BCUT2D eigenvalue weighted by molar-refractivity contribution is 0.265. The summed E-state index contributed by atoms with van der Waals surface area (Å²) >= 11 is 0. The summed E-state index contributed by atoms with van der Waals surface area (Å²) in [5, 5.41) is 3.26. The van der Waals surface area contributed by atoms with E-state index >= 15 is 0 Å². The summed E-state index contributed by atoms with van der Waals surface area (Å²) in [6, 6.07) is 0. The van der Waals surface area contributed by atoms with Crippen LogP contribution in [0.3, 0.4) is 0 Å². The minimum absolute atomic E-state index is 0.0134. The number of aromatic nitrogens is 2. The van der Waals surface area contributed by atoms with Crippen molar-refractivity contribution in [2.24, 2.45) is 5.73 Å². The second-order valence-corrected chi connectivity index (χ2v) is 4.50. The van der Waals surface area contributed by atoms with Crippen molar-refractivity contribution in [3.8, 4) is 0 Å². The van der Waals surface area contributed by atoms with Crippen LogP contribution in [0.4, 0.5) is 5.82 Å². The summed E-state index contributed by atoms with van der Waals surface area (Å²) in [4.78, 5) is 8.66. The van der Waals surface area contributed by atoms with Gasteiger partial charge in [0.2, 0.25) is 0 Å². The molecule has 82 valence electrons. The van der Waals surface area contributed by atoms with Gasteiger partial charge in [0.25, 0.3) is 0 Å². The van der Waals surface area contributed by atoms with Gasteiger partial charge in [-0.25, -0.2) is 4.98 Å². The number of hydrogen-bond acceptors (Lipinski definition) is 4. The van der Waals surface area contributed by atoms with E-state index in [-0.39, 0.29) is 5.54 Å². The number of nitrogens with one attached hydrogen (secondary N) is 1. The molecule has 4 heteroatoms. The van der Waals surface area contributed by atoms with E-state index in [0.717, 1.165) is 36.6 Å². The van der Waals surface area contributed by atoms with Crippen molar-refractivity contribution in [3.05, 3.63) is 17.6 Å². The van der Waals surface area contributed by atoms with Gasteiger partial charge in [0.1, 0.15) is 5.82 Å². The molecule has 1 heterocycles. The summed E-state index contributed by atoms with van der Waals surface area (Å²) in [6.07, 6.45) is 5.23. The third-order valence-electron chi connectivity index (χ3n) is 3.16. The van der Waals surface area contributed by atoms with E-state index in [1.807, 2.05) is 13.8 Å². The molecule has 3 N–H and O–H groups in total. The molecule has 1 aromatic rings. The highest BCUT2D eigenvalue weighted by atomic mass is 15.0. The van der Waals surface area contributed by atoms with Crippen molar-refractivity contribution >= 4 is 5.82 Å². The molecule has 0 unspecified atom stereocenters. The normalized spacial score (nSPS) is 18.3. The average molecular weight is 206 g/mol. The van der Waals surface area contributed by atoms with Crippen LogP contribution in [0, 0.1) is 13.8 Å². The summed E-state index contributed by atoms with van der Waals surface area (Å²) in [6.45, 7) is 4.72. The van der Waals surface area contributed by atoms with Gasteiger partial charge in [-0.1, -0.05) is 0 Å². The van der Waals surface area contributed by atoms with Crippen LogP contribution in [0.15, 0.2) is 6.20 Å². The zero-order valence-electron chi connectivity index (χ0n) is 9.38. The molecule has 0 amide bonds. The topological polar surface area (TPSA) is 63.8 Å². The second-order valence-electron chi connectivity index (χ2n) is 4.50. The van der Waals surface area contributed by atoms with E-state index in [2.05, 4.69) is 15.3 Å². The standard InChI is InChI=1S/C11H18N4/c1-8-9(2)15-10(6-13-8)14-7-11(12)4-3-5-11/h6H,3-5,7,12H2,1-2H3,(H,14,15).